The van der Waals surface area contributed by atoms with E-state index in [1.54, 1.807) is 0 Å². The van der Waals surface area contributed by atoms with Crippen molar-refractivity contribution >= 4 is 50.5 Å². The van der Waals surface area contributed by atoms with Gasteiger partial charge in [-0.1, -0.05) is 90.9 Å². The second-order valence-electron chi connectivity index (χ2n) is 4.67. The van der Waals surface area contributed by atoms with Crippen LogP contribution in [0.25, 0.3) is 0 Å². The average molecular weight is 527 g/mol. The van der Waals surface area contributed by atoms with E-state index in [9.17, 15) is 9.59 Å². The van der Waals surface area contributed by atoms with Crippen molar-refractivity contribution in [3.63, 3.8) is 0 Å². The first-order chi connectivity index (χ1) is 9.02. The molecule has 0 aliphatic rings. The maximum absolute atomic E-state index is 11.7. The third kappa shape index (κ3) is 16.8. The number of hydrogen-bond donors (Lipinski definition) is 0. The average Bonchev–Trinajstić information content (AvgIpc) is 2.38. The van der Waals surface area contributed by atoms with Crippen LogP contribution >= 0.6 is 38.5 Å². The van der Waals surface area contributed by atoms with E-state index in [1.165, 1.54) is 0 Å². The number of halogens is 2. The first-order valence-corrected chi connectivity index (χ1v) is 9.22. The van der Waals surface area contributed by atoms with Crippen LogP contribution in [-0.4, -0.2) is 20.7 Å². The summed E-state index contributed by atoms with van der Waals surface area (Å²) in [4.78, 5) is 23.0. The predicted octanol–water partition coefficient (Wildman–Crippen LogP) is -0.983. The fourth-order valence-corrected chi connectivity index (χ4v) is 2.59. The maximum Gasteiger partial charge on any atom is 1.00 e. The molecule has 0 spiro atoms. The van der Waals surface area contributed by atoms with Gasteiger partial charge in [0, 0.05) is 0 Å². The van der Waals surface area contributed by atoms with Crippen LogP contribution in [0.3, 0.4) is 0 Å². The Bertz CT molecular complexity index is 265. The number of carbonyl (C=O) groups excluding carboxylic acids is 2. The molecule has 0 aromatic rings. The van der Waals surface area contributed by atoms with E-state index >= 15 is 0 Å². The summed E-state index contributed by atoms with van der Waals surface area (Å²) in [5.41, 5.74) is 0. The molecule has 3 nitrogen and oxygen atoms in total. The topological polar surface area (TPSA) is 43.4 Å². The summed E-state index contributed by atoms with van der Waals surface area (Å²) in [6.45, 7) is 4.23. The van der Waals surface area contributed by atoms with Gasteiger partial charge in [-0.3, -0.25) is 9.59 Å². The molecule has 0 aromatic heterocycles. The largest absolute Gasteiger partial charge is 1.00 e. The molecule has 0 fully saturated rings. The van der Waals surface area contributed by atoms with Crippen LogP contribution < -0.4 is 103 Å². The van der Waals surface area contributed by atoms with Gasteiger partial charge in [-0.2, -0.15) is 0 Å². The fraction of sp³-hybridized carbons (Fsp3) is 0.857. The minimum absolute atomic E-state index is 0. The first kappa shape index (κ1) is 29.4. The molecule has 0 bridgehead atoms. The van der Waals surface area contributed by atoms with Gasteiger partial charge < -0.3 is 7.59 Å². The van der Waals surface area contributed by atoms with Crippen molar-refractivity contribution in [3.8, 4) is 0 Å². The Hall–Kier alpha value is 3.62. The Labute approximate surface area is 239 Å². The predicted molar refractivity (Wildman–Crippen MR) is 92.1 cm³/mol. The molecule has 2 unspecified atom stereocenters. The molecular weight excluding hydrogens is 501 g/mol. The fourth-order valence-electron chi connectivity index (χ4n) is 1.61. The van der Waals surface area contributed by atoms with Gasteiger partial charge in [-0.25, -0.2) is 0 Å². The monoisotopic (exact) mass is 526 g/mol. The SMILES string of the molecule is CCCCCC(Br)C(=O)OC(=O)C(I)CCCCC.[H-].[H-].[K+].[K+]. The van der Waals surface area contributed by atoms with Gasteiger partial charge in [-0.15, -0.1) is 0 Å². The Morgan fingerprint density at radius 2 is 1.48 bits per heavy atom. The van der Waals surface area contributed by atoms with Crippen LogP contribution in [0.2, 0.25) is 0 Å². The molecule has 0 rings (SSSR count). The number of rotatable bonds is 10. The quantitative estimate of drug-likeness (QED) is 0.0917. The van der Waals surface area contributed by atoms with E-state index in [2.05, 4.69) is 52.4 Å². The van der Waals surface area contributed by atoms with Crippen molar-refractivity contribution in [2.24, 2.45) is 0 Å². The zero-order valence-corrected chi connectivity index (χ0v) is 23.8. The summed E-state index contributed by atoms with van der Waals surface area (Å²) in [6.07, 6.45) is 7.92. The zero-order chi connectivity index (χ0) is 14.7. The summed E-state index contributed by atoms with van der Waals surface area (Å²) in [5, 5.41) is 0. The number of esters is 2. The van der Waals surface area contributed by atoms with Crippen LogP contribution in [0.1, 0.15) is 68.1 Å². The normalized spacial score (nSPS) is 12.6. The number of hydrogen-bond acceptors (Lipinski definition) is 3. The van der Waals surface area contributed by atoms with Crippen LogP contribution in [0.5, 0.6) is 0 Å². The van der Waals surface area contributed by atoms with Gasteiger partial charge in [0.05, 0.1) is 0 Å². The van der Waals surface area contributed by atoms with E-state index in [-0.39, 0.29) is 114 Å². The Morgan fingerprint density at radius 1 is 1.00 bits per heavy atom. The number of carbonyl (C=O) groups is 2. The Morgan fingerprint density at radius 3 is 1.95 bits per heavy atom. The summed E-state index contributed by atoms with van der Waals surface area (Å²) < 4.78 is 4.68. The molecule has 0 heterocycles. The molecule has 2 atom stereocenters. The standard InChI is InChI=1S/C14H24BrIO3.2K.2H/c1-3-5-7-9-11(15)13(17)19-14(18)12(16)10-8-6-4-2;;;;/h11-12H,3-10H2,1-2H3;;;;/q;2*+1;2*-1. The van der Waals surface area contributed by atoms with E-state index in [1.807, 2.05) is 0 Å². The van der Waals surface area contributed by atoms with Gasteiger partial charge in [0.1, 0.15) is 8.75 Å². The molecule has 0 amide bonds. The maximum atomic E-state index is 11.7. The molecule has 21 heavy (non-hydrogen) atoms. The molecule has 0 aliphatic carbocycles. The van der Waals surface area contributed by atoms with E-state index < -0.39 is 11.9 Å². The van der Waals surface area contributed by atoms with Crippen LogP contribution in [-0.2, 0) is 14.3 Å². The van der Waals surface area contributed by atoms with Gasteiger partial charge in [0.2, 0.25) is 0 Å². The number of alkyl halides is 2. The molecule has 0 radical (unpaired) electrons. The summed E-state index contributed by atoms with van der Waals surface area (Å²) in [5.74, 6) is -0.847. The molecule has 0 saturated carbocycles. The second kappa shape index (κ2) is 19.9. The zero-order valence-electron chi connectivity index (χ0n) is 15.8. The molecule has 0 N–H and O–H groups in total. The minimum atomic E-state index is -0.446. The first-order valence-electron chi connectivity index (χ1n) is 7.06. The van der Waals surface area contributed by atoms with Crippen LogP contribution in [0, 0.1) is 0 Å². The third-order valence-corrected chi connectivity index (χ3v) is 4.80. The van der Waals surface area contributed by atoms with Gasteiger partial charge >= 0.3 is 115 Å². The van der Waals surface area contributed by atoms with E-state index in [4.69, 9.17) is 4.74 Å². The van der Waals surface area contributed by atoms with Crippen molar-refractivity contribution in [3.05, 3.63) is 0 Å². The van der Waals surface area contributed by atoms with Gasteiger partial charge in [0.25, 0.3) is 0 Å². The van der Waals surface area contributed by atoms with Gasteiger partial charge in [0.15, 0.2) is 0 Å². The summed E-state index contributed by atoms with van der Waals surface area (Å²) in [6, 6.07) is 0. The second-order valence-corrected chi connectivity index (χ2v) is 7.28. The third-order valence-electron chi connectivity index (χ3n) is 2.83. The minimum Gasteiger partial charge on any atom is -1.00 e. The number of unbranched alkanes of at least 4 members (excludes halogenated alkanes) is 4. The Balaban J connectivity index is -0.000000270. The molecule has 7 heteroatoms. The van der Waals surface area contributed by atoms with Crippen molar-refractivity contribution < 1.29 is 120 Å². The summed E-state index contributed by atoms with van der Waals surface area (Å²) in [7, 11) is 0. The van der Waals surface area contributed by atoms with Crippen molar-refractivity contribution in [2.45, 2.75) is 74.0 Å². The van der Waals surface area contributed by atoms with E-state index in [0.29, 0.717) is 0 Å². The van der Waals surface area contributed by atoms with Crippen LogP contribution in [0.15, 0.2) is 0 Å². The van der Waals surface area contributed by atoms with Crippen molar-refractivity contribution in [2.75, 3.05) is 0 Å². The van der Waals surface area contributed by atoms with Crippen LogP contribution in [0.4, 0.5) is 0 Å². The van der Waals surface area contributed by atoms with Gasteiger partial charge in [-0.05, 0) is 12.8 Å². The van der Waals surface area contributed by atoms with Crippen molar-refractivity contribution in [1.82, 2.24) is 0 Å². The molecule has 0 aliphatic heterocycles. The van der Waals surface area contributed by atoms with E-state index in [0.717, 1.165) is 51.4 Å². The van der Waals surface area contributed by atoms with Crippen molar-refractivity contribution in [1.29, 1.82) is 0 Å². The molecule has 0 saturated heterocycles. The molecular formula is C14H26BrIK2O3. The molecule has 0 aromatic carbocycles. The molecule has 116 valence electrons. The smallest absolute Gasteiger partial charge is 1.00 e. The summed E-state index contributed by atoms with van der Waals surface area (Å²) >= 11 is 5.34. The Kier molecular flexibility index (Phi) is 27.9. The number of ether oxygens (including phenoxy) is 1.